The fourth-order valence-corrected chi connectivity index (χ4v) is 2.83. The van der Waals surface area contributed by atoms with Crippen molar-refractivity contribution < 1.29 is 14.1 Å². The molecular formula is C18H23N5O3. The normalized spacial score (nSPS) is 13.9. The number of rotatable bonds is 8. The molecule has 0 saturated carbocycles. The Labute approximate surface area is 152 Å². The zero-order valence-electron chi connectivity index (χ0n) is 14.8. The van der Waals surface area contributed by atoms with E-state index in [1.807, 2.05) is 25.2 Å². The summed E-state index contributed by atoms with van der Waals surface area (Å²) in [6.07, 6.45) is 0. The van der Waals surface area contributed by atoms with Gasteiger partial charge in [-0.15, -0.1) is 0 Å². The Morgan fingerprint density at radius 1 is 1.35 bits per heavy atom. The molecule has 8 heteroatoms. The maximum Gasteiger partial charge on any atom is 0.317 e. The Balaban J connectivity index is 1.44. The standard InChI is InChI=1S/C18H23N5O3/c1-22(12-14-5-3-2-4-6-14)13-15-11-16(21-26-15)17(24)19-7-9-23-10-8-20-18(23)25/h2-6,11H,7-10,12-13H2,1H3,(H,19,24)(H,20,25). The molecule has 0 unspecified atom stereocenters. The van der Waals surface area contributed by atoms with Gasteiger partial charge in [-0.1, -0.05) is 35.5 Å². The molecule has 0 radical (unpaired) electrons. The molecule has 2 heterocycles. The van der Waals surface area contributed by atoms with Crippen LogP contribution in [0.2, 0.25) is 0 Å². The lowest BCUT2D eigenvalue weighted by molar-refractivity contribution is 0.0941. The quantitative estimate of drug-likeness (QED) is 0.737. The Morgan fingerprint density at radius 2 is 2.15 bits per heavy atom. The van der Waals surface area contributed by atoms with Gasteiger partial charge in [0.25, 0.3) is 5.91 Å². The van der Waals surface area contributed by atoms with Crippen molar-refractivity contribution in [1.82, 2.24) is 25.6 Å². The third-order valence-corrected chi connectivity index (χ3v) is 4.13. The van der Waals surface area contributed by atoms with Crippen molar-refractivity contribution in [3.63, 3.8) is 0 Å². The molecule has 1 saturated heterocycles. The van der Waals surface area contributed by atoms with Crippen LogP contribution in [0.15, 0.2) is 40.9 Å². The first kappa shape index (κ1) is 17.9. The zero-order chi connectivity index (χ0) is 18.4. The summed E-state index contributed by atoms with van der Waals surface area (Å²) in [5.74, 6) is 0.331. The van der Waals surface area contributed by atoms with Crippen LogP contribution in [0.5, 0.6) is 0 Å². The minimum atomic E-state index is -0.301. The SMILES string of the molecule is CN(Cc1ccccc1)Cc1cc(C(=O)NCCN2CCNC2=O)no1. The number of hydrogen-bond donors (Lipinski definition) is 2. The van der Waals surface area contributed by atoms with E-state index in [4.69, 9.17) is 4.52 Å². The van der Waals surface area contributed by atoms with E-state index in [-0.39, 0.29) is 17.6 Å². The maximum atomic E-state index is 12.1. The van der Waals surface area contributed by atoms with Gasteiger partial charge in [0.2, 0.25) is 0 Å². The highest BCUT2D eigenvalue weighted by Gasteiger charge is 2.19. The molecule has 138 valence electrons. The highest BCUT2D eigenvalue weighted by Crippen LogP contribution is 2.09. The highest BCUT2D eigenvalue weighted by molar-refractivity contribution is 5.92. The first-order valence-electron chi connectivity index (χ1n) is 8.61. The van der Waals surface area contributed by atoms with Gasteiger partial charge < -0.3 is 20.1 Å². The number of aromatic nitrogens is 1. The summed E-state index contributed by atoms with van der Waals surface area (Å²) < 4.78 is 5.26. The molecule has 2 N–H and O–H groups in total. The number of nitrogens with one attached hydrogen (secondary N) is 2. The number of nitrogens with zero attached hydrogens (tertiary/aromatic N) is 3. The molecular weight excluding hydrogens is 334 g/mol. The van der Waals surface area contributed by atoms with Gasteiger partial charge in [-0.05, 0) is 12.6 Å². The number of urea groups is 1. The van der Waals surface area contributed by atoms with Crippen LogP contribution in [-0.4, -0.2) is 60.1 Å². The first-order valence-corrected chi connectivity index (χ1v) is 8.61. The summed E-state index contributed by atoms with van der Waals surface area (Å²) in [6, 6.07) is 11.7. The summed E-state index contributed by atoms with van der Waals surface area (Å²) in [4.78, 5) is 27.3. The molecule has 0 bridgehead atoms. The van der Waals surface area contributed by atoms with E-state index in [0.29, 0.717) is 38.5 Å². The van der Waals surface area contributed by atoms with Gasteiger partial charge in [-0.3, -0.25) is 9.69 Å². The van der Waals surface area contributed by atoms with Crippen LogP contribution in [0.3, 0.4) is 0 Å². The molecule has 0 atom stereocenters. The number of amides is 3. The van der Waals surface area contributed by atoms with Crippen molar-refractivity contribution >= 4 is 11.9 Å². The second-order valence-electron chi connectivity index (χ2n) is 6.31. The predicted molar refractivity (Wildman–Crippen MR) is 95.4 cm³/mol. The molecule has 2 aromatic rings. The fourth-order valence-electron chi connectivity index (χ4n) is 2.83. The number of carbonyl (C=O) groups is 2. The number of benzene rings is 1. The van der Waals surface area contributed by atoms with Crippen LogP contribution in [-0.2, 0) is 13.1 Å². The zero-order valence-corrected chi connectivity index (χ0v) is 14.8. The Kier molecular flexibility index (Phi) is 5.85. The third-order valence-electron chi connectivity index (χ3n) is 4.13. The van der Waals surface area contributed by atoms with Crippen molar-refractivity contribution in [3.8, 4) is 0 Å². The lowest BCUT2D eigenvalue weighted by Crippen LogP contribution is -2.36. The topological polar surface area (TPSA) is 90.7 Å². The molecule has 3 amide bonds. The Morgan fingerprint density at radius 3 is 2.88 bits per heavy atom. The van der Waals surface area contributed by atoms with Crippen molar-refractivity contribution in [2.24, 2.45) is 0 Å². The van der Waals surface area contributed by atoms with Gasteiger partial charge >= 0.3 is 6.03 Å². The maximum absolute atomic E-state index is 12.1. The minimum Gasteiger partial charge on any atom is -0.359 e. The van der Waals surface area contributed by atoms with Gasteiger partial charge in [-0.25, -0.2) is 4.79 Å². The smallest absolute Gasteiger partial charge is 0.317 e. The second-order valence-corrected chi connectivity index (χ2v) is 6.31. The average molecular weight is 357 g/mol. The lowest BCUT2D eigenvalue weighted by Gasteiger charge is -2.14. The molecule has 1 fully saturated rings. The van der Waals surface area contributed by atoms with Gasteiger partial charge in [0.05, 0.1) is 6.54 Å². The molecule has 1 aliphatic rings. The number of carbonyl (C=O) groups excluding carboxylic acids is 2. The van der Waals surface area contributed by atoms with E-state index < -0.39 is 0 Å². The second kappa shape index (κ2) is 8.48. The molecule has 0 aliphatic carbocycles. The summed E-state index contributed by atoms with van der Waals surface area (Å²) in [7, 11) is 1.98. The van der Waals surface area contributed by atoms with E-state index in [9.17, 15) is 9.59 Å². The summed E-state index contributed by atoms with van der Waals surface area (Å²) >= 11 is 0. The molecule has 3 rings (SSSR count). The molecule has 1 aliphatic heterocycles. The van der Waals surface area contributed by atoms with Crippen LogP contribution in [0.4, 0.5) is 4.79 Å². The third kappa shape index (κ3) is 4.82. The van der Waals surface area contributed by atoms with Crippen molar-refractivity contribution in [1.29, 1.82) is 0 Å². The molecule has 8 nitrogen and oxygen atoms in total. The van der Waals surface area contributed by atoms with Crippen LogP contribution in [0.1, 0.15) is 21.8 Å². The Hall–Kier alpha value is -2.87. The monoisotopic (exact) mass is 357 g/mol. The summed E-state index contributed by atoms with van der Waals surface area (Å²) in [5.41, 5.74) is 1.46. The fraction of sp³-hybridized carbons (Fsp3) is 0.389. The molecule has 0 spiro atoms. The van der Waals surface area contributed by atoms with Gasteiger partial charge in [0.1, 0.15) is 0 Å². The Bertz CT molecular complexity index is 746. The minimum absolute atomic E-state index is 0.0931. The van der Waals surface area contributed by atoms with Crippen LogP contribution in [0.25, 0.3) is 0 Å². The summed E-state index contributed by atoms with van der Waals surface area (Å²) in [6.45, 7) is 3.50. The van der Waals surface area contributed by atoms with Gasteiger partial charge in [0.15, 0.2) is 11.5 Å². The van der Waals surface area contributed by atoms with E-state index in [2.05, 4.69) is 32.8 Å². The molecule has 1 aromatic carbocycles. The number of hydrogen-bond acceptors (Lipinski definition) is 5. The average Bonchev–Trinajstić information content (AvgIpc) is 3.25. The molecule has 1 aromatic heterocycles. The van der Waals surface area contributed by atoms with E-state index in [0.717, 1.165) is 6.54 Å². The lowest BCUT2D eigenvalue weighted by atomic mass is 10.2. The van der Waals surface area contributed by atoms with Gasteiger partial charge in [-0.2, -0.15) is 0 Å². The first-order chi connectivity index (χ1) is 12.6. The van der Waals surface area contributed by atoms with Crippen molar-refractivity contribution in [2.75, 3.05) is 33.2 Å². The molecule has 26 heavy (non-hydrogen) atoms. The van der Waals surface area contributed by atoms with E-state index in [1.165, 1.54) is 5.56 Å². The van der Waals surface area contributed by atoms with E-state index >= 15 is 0 Å². The predicted octanol–water partition coefficient (Wildman–Crippen LogP) is 1.06. The van der Waals surface area contributed by atoms with Crippen LogP contribution >= 0.6 is 0 Å². The van der Waals surface area contributed by atoms with Crippen LogP contribution in [0, 0.1) is 0 Å². The van der Waals surface area contributed by atoms with Crippen molar-refractivity contribution in [2.45, 2.75) is 13.1 Å². The summed E-state index contributed by atoms with van der Waals surface area (Å²) in [5, 5.41) is 9.31. The van der Waals surface area contributed by atoms with Gasteiger partial charge in [0, 0.05) is 38.8 Å². The van der Waals surface area contributed by atoms with Crippen LogP contribution < -0.4 is 10.6 Å². The van der Waals surface area contributed by atoms with Crippen molar-refractivity contribution in [3.05, 3.63) is 53.4 Å². The highest BCUT2D eigenvalue weighted by atomic mass is 16.5. The largest absolute Gasteiger partial charge is 0.359 e. The van der Waals surface area contributed by atoms with E-state index in [1.54, 1.807) is 11.0 Å².